The summed E-state index contributed by atoms with van der Waals surface area (Å²) >= 11 is 0. The van der Waals surface area contributed by atoms with E-state index in [0.717, 1.165) is 12.1 Å². The number of halogens is 1. The van der Waals surface area contributed by atoms with Gasteiger partial charge in [0.15, 0.2) is 0 Å². The van der Waals surface area contributed by atoms with Crippen LogP contribution in [0.5, 0.6) is 0 Å². The third kappa shape index (κ3) is 2.76. The molecular formula is C13H12FNO5. The third-order valence-electron chi connectivity index (χ3n) is 3.09. The predicted octanol–water partition coefficient (Wildman–Crippen LogP) is 1.27. The van der Waals surface area contributed by atoms with Crippen LogP contribution in [0.25, 0.3) is 0 Å². The number of methoxy groups -OCH3 is 1. The Kier molecular flexibility index (Phi) is 3.69. The average molecular weight is 281 g/mol. The Morgan fingerprint density at radius 2 is 2.05 bits per heavy atom. The van der Waals surface area contributed by atoms with E-state index in [9.17, 15) is 18.8 Å². The number of carbonyl (C=O) groups excluding carboxylic acids is 2. The normalized spacial score (nSPS) is 20.1. The predicted molar refractivity (Wildman–Crippen MR) is 65.6 cm³/mol. The second-order valence-electron chi connectivity index (χ2n) is 4.46. The van der Waals surface area contributed by atoms with Gasteiger partial charge in [-0.2, -0.15) is 0 Å². The summed E-state index contributed by atoms with van der Waals surface area (Å²) in [7, 11) is 1.17. The van der Waals surface area contributed by atoms with Crippen molar-refractivity contribution in [3.63, 3.8) is 0 Å². The minimum atomic E-state index is -1.04. The van der Waals surface area contributed by atoms with Gasteiger partial charge >= 0.3 is 11.9 Å². The Balaban J connectivity index is 2.16. The summed E-state index contributed by atoms with van der Waals surface area (Å²) in [4.78, 5) is 34.0. The van der Waals surface area contributed by atoms with Gasteiger partial charge in [-0.25, -0.2) is 9.18 Å². The number of carboxylic acid groups (broad SMARTS) is 1. The van der Waals surface area contributed by atoms with Crippen LogP contribution in [0.15, 0.2) is 18.2 Å². The first-order valence-corrected chi connectivity index (χ1v) is 5.85. The van der Waals surface area contributed by atoms with Crippen molar-refractivity contribution in [2.45, 2.75) is 6.42 Å². The number of benzene rings is 1. The lowest BCUT2D eigenvalue weighted by Gasteiger charge is -2.09. The molecule has 20 heavy (non-hydrogen) atoms. The fourth-order valence-corrected chi connectivity index (χ4v) is 1.89. The molecule has 0 unspecified atom stereocenters. The van der Waals surface area contributed by atoms with Gasteiger partial charge in [-0.15, -0.1) is 0 Å². The summed E-state index contributed by atoms with van der Waals surface area (Å²) in [6, 6.07) is 3.25. The van der Waals surface area contributed by atoms with Gasteiger partial charge in [-0.3, -0.25) is 9.59 Å². The highest BCUT2D eigenvalue weighted by Crippen LogP contribution is 2.39. The van der Waals surface area contributed by atoms with Crippen molar-refractivity contribution in [1.29, 1.82) is 0 Å². The minimum absolute atomic E-state index is 0.00905. The van der Waals surface area contributed by atoms with Gasteiger partial charge in [0.05, 0.1) is 30.2 Å². The Bertz CT molecular complexity index is 586. The van der Waals surface area contributed by atoms with Crippen molar-refractivity contribution in [3.8, 4) is 0 Å². The maximum atomic E-state index is 13.2. The standard InChI is InChI=1S/C13H12FNO5/c1-20-13(19)7-3-2-6(14)4-10(7)15-11(16)8-5-9(8)12(17)18/h2-4,8-9H,5H2,1H3,(H,15,16)(H,17,18)/t8-,9+/m1/s1. The Morgan fingerprint density at radius 1 is 1.35 bits per heavy atom. The number of aliphatic carboxylic acids is 1. The zero-order valence-corrected chi connectivity index (χ0v) is 10.6. The second-order valence-corrected chi connectivity index (χ2v) is 4.46. The maximum absolute atomic E-state index is 13.2. The van der Waals surface area contributed by atoms with Crippen molar-refractivity contribution >= 4 is 23.5 Å². The van der Waals surface area contributed by atoms with E-state index in [4.69, 9.17) is 5.11 Å². The number of esters is 1. The number of carboxylic acids is 1. The molecule has 6 nitrogen and oxygen atoms in total. The lowest BCUT2D eigenvalue weighted by atomic mass is 10.1. The molecule has 0 bridgehead atoms. The quantitative estimate of drug-likeness (QED) is 0.811. The van der Waals surface area contributed by atoms with Crippen LogP contribution >= 0.6 is 0 Å². The van der Waals surface area contributed by atoms with Crippen molar-refractivity contribution in [1.82, 2.24) is 0 Å². The molecule has 1 amide bonds. The largest absolute Gasteiger partial charge is 0.481 e. The summed E-state index contributed by atoms with van der Waals surface area (Å²) in [6.07, 6.45) is 0.240. The van der Waals surface area contributed by atoms with E-state index in [0.29, 0.717) is 0 Å². The summed E-state index contributed by atoms with van der Waals surface area (Å²) in [5, 5.41) is 11.1. The molecule has 1 fully saturated rings. The lowest BCUT2D eigenvalue weighted by Crippen LogP contribution is -2.19. The number of nitrogens with one attached hydrogen (secondary N) is 1. The van der Waals surface area contributed by atoms with Gasteiger partial charge in [0, 0.05) is 0 Å². The molecule has 106 valence electrons. The van der Waals surface area contributed by atoms with Crippen molar-refractivity contribution < 1.29 is 28.6 Å². The van der Waals surface area contributed by atoms with Crippen LogP contribution in [0.1, 0.15) is 16.8 Å². The molecule has 1 aliphatic rings. The van der Waals surface area contributed by atoms with Crippen LogP contribution < -0.4 is 5.32 Å². The molecule has 1 aliphatic carbocycles. The monoisotopic (exact) mass is 281 g/mol. The highest BCUT2D eigenvalue weighted by atomic mass is 19.1. The molecule has 2 atom stereocenters. The average Bonchev–Trinajstić information content (AvgIpc) is 3.18. The molecular weight excluding hydrogens is 269 g/mol. The SMILES string of the molecule is COC(=O)c1ccc(F)cc1NC(=O)[C@@H]1C[C@@H]1C(=O)O. The van der Waals surface area contributed by atoms with Gasteiger partial charge in [0.25, 0.3) is 0 Å². The van der Waals surface area contributed by atoms with Gasteiger partial charge in [-0.1, -0.05) is 0 Å². The van der Waals surface area contributed by atoms with Gasteiger partial charge in [0.2, 0.25) is 5.91 Å². The number of carbonyl (C=O) groups is 3. The molecule has 0 heterocycles. The molecule has 0 spiro atoms. The fourth-order valence-electron chi connectivity index (χ4n) is 1.89. The first-order chi connectivity index (χ1) is 9.43. The van der Waals surface area contributed by atoms with E-state index >= 15 is 0 Å². The third-order valence-corrected chi connectivity index (χ3v) is 3.09. The maximum Gasteiger partial charge on any atom is 0.339 e. The summed E-state index contributed by atoms with van der Waals surface area (Å²) < 4.78 is 17.7. The topological polar surface area (TPSA) is 92.7 Å². The van der Waals surface area contributed by atoms with Gasteiger partial charge in [0.1, 0.15) is 5.82 Å². The van der Waals surface area contributed by atoms with Crippen molar-refractivity contribution in [2.75, 3.05) is 12.4 Å². The molecule has 0 saturated heterocycles. The highest BCUT2D eigenvalue weighted by Gasteiger charge is 2.48. The zero-order valence-electron chi connectivity index (χ0n) is 10.6. The van der Waals surface area contributed by atoms with E-state index in [1.807, 2.05) is 0 Å². The highest BCUT2D eigenvalue weighted by molar-refractivity contribution is 6.03. The number of amides is 1. The minimum Gasteiger partial charge on any atom is -0.481 e. The number of hydrogen-bond donors (Lipinski definition) is 2. The number of hydrogen-bond acceptors (Lipinski definition) is 4. The van der Waals surface area contributed by atoms with Crippen LogP contribution in [0.3, 0.4) is 0 Å². The number of ether oxygens (including phenoxy) is 1. The lowest BCUT2D eigenvalue weighted by molar-refractivity contribution is -0.139. The van der Waals surface area contributed by atoms with Crippen LogP contribution in [-0.2, 0) is 14.3 Å². The molecule has 0 aliphatic heterocycles. The molecule has 1 aromatic rings. The summed E-state index contributed by atoms with van der Waals surface area (Å²) in [6.45, 7) is 0. The summed E-state index contributed by atoms with van der Waals surface area (Å²) in [5.74, 6) is -4.30. The smallest absolute Gasteiger partial charge is 0.339 e. The zero-order chi connectivity index (χ0) is 14.9. The summed E-state index contributed by atoms with van der Waals surface area (Å²) in [5.41, 5.74) is -0.0207. The molecule has 2 rings (SSSR count). The Morgan fingerprint density at radius 3 is 2.60 bits per heavy atom. The molecule has 1 saturated carbocycles. The van der Waals surface area contributed by atoms with Crippen LogP contribution in [-0.4, -0.2) is 30.1 Å². The fraction of sp³-hybridized carbons (Fsp3) is 0.308. The number of anilines is 1. The molecule has 2 N–H and O–H groups in total. The molecule has 0 radical (unpaired) electrons. The van der Waals surface area contributed by atoms with E-state index in [1.165, 1.54) is 13.2 Å². The molecule has 1 aromatic carbocycles. The van der Waals surface area contributed by atoms with E-state index < -0.39 is 35.5 Å². The first-order valence-electron chi connectivity index (χ1n) is 5.85. The van der Waals surface area contributed by atoms with E-state index in [1.54, 1.807) is 0 Å². The van der Waals surface area contributed by atoms with Gasteiger partial charge < -0.3 is 15.2 Å². The Labute approximate surface area is 113 Å². The second kappa shape index (κ2) is 5.28. The molecule has 0 aromatic heterocycles. The van der Waals surface area contributed by atoms with Crippen LogP contribution in [0.4, 0.5) is 10.1 Å². The van der Waals surface area contributed by atoms with E-state index in [2.05, 4.69) is 10.1 Å². The van der Waals surface area contributed by atoms with Crippen molar-refractivity contribution in [2.24, 2.45) is 11.8 Å². The first kappa shape index (κ1) is 14.0. The number of rotatable bonds is 4. The Hall–Kier alpha value is -2.44. The van der Waals surface area contributed by atoms with Crippen molar-refractivity contribution in [3.05, 3.63) is 29.6 Å². The van der Waals surface area contributed by atoms with E-state index in [-0.39, 0.29) is 17.7 Å². The molecule has 7 heteroatoms. The van der Waals surface area contributed by atoms with Gasteiger partial charge in [-0.05, 0) is 24.6 Å². The van der Waals surface area contributed by atoms with Crippen LogP contribution in [0, 0.1) is 17.7 Å². The van der Waals surface area contributed by atoms with Crippen LogP contribution in [0.2, 0.25) is 0 Å².